The second kappa shape index (κ2) is 11.4. The molecule has 6 nitrogen and oxygen atoms in total. The lowest BCUT2D eigenvalue weighted by molar-refractivity contribution is -0.972. The Morgan fingerprint density at radius 3 is 2.18 bits per heavy atom. The molecular formula is C28H34F3NO5S. The third-order valence-electron chi connectivity index (χ3n) is 8.71. The Morgan fingerprint density at radius 2 is 1.66 bits per heavy atom. The van der Waals surface area contributed by atoms with E-state index in [-0.39, 0.29) is 12.0 Å². The van der Waals surface area contributed by atoms with Gasteiger partial charge < -0.3 is 24.2 Å². The van der Waals surface area contributed by atoms with E-state index in [0.29, 0.717) is 12.0 Å². The molecule has 4 fully saturated rings. The van der Waals surface area contributed by atoms with E-state index in [0.717, 1.165) is 67.5 Å². The molecule has 6 rings (SSSR count). The van der Waals surface area contributed by atoms with Crippen LogP contribution in [0.15, 0.2) is 47.8 Å². The van der Waals surface area contributed by atoms with E-state index < -0.39 is 23.7 Å². The van der Waals surface area contributed by atoms with Crippen LogP contribution in [0.2, 0.25) is 0 Å². The summed E-state index contributed by atoms with van der Waals surface area (Å²) in [5.74, 6) is -3.03. The van der Waals surface area contributed by atoms with Crippen molar-refractivity contribution in [3.8, 4) is 0 Å². The number of aliphatic carboxylic acids is 1. The maximum absolute atomic E-state index is 13.6. The SMILES string of the molecule is CC(c1ccccc1)[N+]12CCC(CC1)[C@@H](OC(=O)[C@](O)(c1cccs1)C1CCCC1)C2.O=C([O-])C(F)(F)F. The van der Waals surface area contributed by atoms with Crippen LogP contribution < -0.4 is 5.11 Å². The van der Waals surface area contributed by atoms with Crippen LogP contribution in [0.4, 0.5) is 13.2 Å². The van der Waals surface area contributed by atoms with Gasteiger partial charge >= 0.3 is 12.1 Å². The third-order valence-corrected chi connectivity index (χ3v) is 9.70. The van der Waals surface area contributed by atoms with Gasteiger partial charge in [0.2, 0.25) is 0 Å². The highest BCUT2D eigenvalue weighted by Gasteiger charge is 2.54. The summed E-state index contributed by atoms with van der Waals surface area (Å²) in [5, 5.41) is 22.5. The summed E-state index contributed by atoms with van der Waals surface area (Å²) in [5.41, 5.74) is -0.138. The third kappa shape index (κ3) is 5.77. The molecule has 2 bridgehead atoms. The summed E-state index contributed by atoms with van der Waals surface area (Å²) in [6, 6.07) is 14.9. The maximum atomic E-state index is 13.6. The monoisotopic (exact) mass is 553 g/mol. The number of hydrogen-bond acceptors (Lipinski definition) is 6. The van der Waals surface area contributed by atoms with Crippen molar-refractivity contribution in [1.29, 1.82) is 0 Å². The highest BCUT2D eigenvalue weighted by Crippen LogP contribution is 2.46. The van der Waals surface area contributed by atoms with Crippen molar-refractivity contribution in [2.45, 2.75) is 69.4 Å². The number of alkyl halides is 3. The van der Waals surface area contributed by atoms with E-state index in [9.17, 15) is 23.1 Å². The van der Waals surface area contributed by atoms with Gasteiger partial charge in [0, 0.05) is 35.1 Å². The van der Waals surface area contributed by atoms with E-state index in [4.69, 9.17) is 14.6 Å². The topological polar surface area (TPSA) is 86.7 Å². The summed E-state index contributed by atoms with van der Waals surface area (Å²) in [6.07, 6.45) is 0.824. The van der Waals surface area contributed by atoms with Crippen LogP contribution in [0, 0.1) is 11.8 Å². The standard InChI is InChI=1S/C26H34NO3S.C2HF3O2/c1-19(20-8-3-2-4-9-20)27-15-13-21(14-16-27)23(18-27)30-25(28)26(29,22-10-5-6-11-22)24-12-7-17-31-24;3-2(4,5)1(6)7/h2-4,7-9,12,17,19,21-23,29H,5-6,10-11,13-16,18H2,1H3;(H,6,7)/q+1;/p-1/t19?,21?,23-,26+,27?;/m0./s1. The number of benzene rings is 1. The summed E-state index contributed by atoms with van der Waals surface area (Å²) in [7, 11) is 0. The van der Waals surface area contributed by atoms with Crippen LogP contribution in [-0.4, -0.2) is 53.4 Å². The van der Waals surface area contributed by atoms with E-state index in [1.54, 1.807) is 0 Å². The molecule has 10 heteroatoms. The number of carboxylic acids is 1. The minimum absolute atomic E-state index is 0.0360. The van der Waals surface area contributed by atoms with Crippen molar-refractivity contribution >= 4 is 23.3 Å². The van der Waals surface area contributed by atoms with Crippen LogP contribution in [0.1, 0.15) is 61.9 Å². The number of carboxylic acid groups (broad SMARTS) is 1. The number of piperidine rings is 3. The Hall–Kier alpha value is -2.43. The quantitative estimate of drug-likeness (QED) is 0.425. The number of esters is 1. The molecule has 1 aromatic heterocycles. The van der Waals surface area contributed by atoms with Crippen LogP contribution in [0.5, 0.6) is 0 Å². The predicted octanol–water partition coefficient (Wildman–Crippen LogP) is 4.34. The molecule has 0 spiro atoms. The zero-order valence-electron chi connectivity index (χ0n) is 21.4. The number of carbonyl (C=O) groups is 2. The van der Waals surface area contributed by atoms with Gasteiger partial charge in [0.05, 0.1) is 13.1 Å². The largest absolute Gasteiger partial charge is 0.542 e. The minimum atomic E-state index is -5.19. The fourth-order valence-corrected chi connectivity index (χ4v) is 7.32. The first-order valence-electron chi connectivity index (χ1n) is 13.1. The minimum Gasteiger partial charge on any atom is -0.542 e. The lowest BCUT2D eigenvalue weighted by atomic mass is 9.80. The number of hydrogen-bond donors (Lipinski definition) is 1. The Balaban J connectivity index is 0.000000426. The molecule has 1 saturated carbocycles. The second-order valence-corrected chi connectivity index (χ2v) is 11.7. The van der Waals surface area contributed by atoms with Gasteiger partial charge in [-0.3, -0.25) is 0 Å². The zero-order chi connectivity index (χ0) is 27.6. The molecular weight excluding hydrogens is 519 g/mol. The fraction of sp³-hybridized carbons (Fsp3) is 0.571. The van der Waals surface area contributed by atoms with Gasteiger partial charge in [-0.05, 0) is 31.2 Å². The molecule has 1 unspecified atom stereocenters. The number of carbonyl (C=O) groups excluding carboxylic acids is 2. The zero-order valence-corrected chi connectivity index (χ0v) is 22.2. The van der Waals surface area contributed by atoms with Gasteiger partial charge in [-0.25, -0.2) is 4.79 Å². The smallest absolute Gasteiger partial charge is 0.430 e. The molecule has 0 radical (unpaired) electrons. The Kier molecular flexibility index (Phi) is 8.54. The molecule has 1 aromatic carbocycles. The van der Waals surface area contributed by atoms with Gasteiger partial charge in [-0.2, -0.15) is 13.2 Å². The van der Waals surface area contributed by atoms with Crippen molar-refractivity contribution in [3.05, 3.63) is 58.3 Å². The number of rotatable bonds is 6. The predicted molar refractivity (Wildman–Crippen MR) is 134 cm³/mol. The number of aliphatic hydroxyl groups is 1. The lowest BCUT2D eigenvalue weighted by Gasteiger charge is -2.55. The van der Waals surface area contributed by atoms with Crippen molar-refractivity contribution in [3.63, 3.8) is 0 Å². The van der Waals surface area contributed by atoms with Crippen molar-refractivity contribution in [1.82, 2.24) is 0 Å². The van der Waals surface area contributed by atoms with Crippen molar-refractivity contribution < 1.29 is 42.2 Å². The van der Waals surface area contributed by atoms with Crippen LogP contribution in [-0.2, 0) is 19.9 Å². The van der Waals surface area contributed by atoms with E-state index in [1.807, 2.05) is 17.5 Å². The highest BCUT2D eigenvalue weighted by atomic mass is 32.1. The average molecular weight is 554 g/mol. The summed E-state index contributed by atoms with van der Waals surface area (Å²) >= 11 is 1.47. The van der Waals surface area contributed by atoms with Gasteiger partial charge in [0.25, 0.3) is 0 Å². The van der Waals surface area contributed by atoms with Crippen molar-refractivity contribution in [2.24, 2.45) is 11.8 Å². The maximum Gasteiger partial charge on any atom is 0.430 e. The number of halogens is 3. The van der Waals surface area contributed by atoms with Crippen LogP contribution >= 0.6 is 11.3 Å². The second-order valence-electron chi connectivity index (χ2n) is 10.7. The highest BCUT2D eigenvalue weighted by molar-refractivity contribution is 7.10. The Morgan fingerprint density at radius 1 is 1.05 bits per heavy atom. The Bertz CT molecular complexity index is 1080. The summed E-state index contributed by atoms with van der Waals surface area (Å²) in [4.78, 5) is 23.1. The number of fused-ring (bicyclic) bond motifs is 3. The molecule has 4 aliphatic rings. The number of quaternary nitrogens is 1. The normalized spacial score (nSPS) is 27.6. The van der Waals surface area contributed by atoms with E-state index in [2.05, 4.69) is 37.3 Å². The first-order valence-corrected chi connectivity index (χ1v) is 14.0. The van der Waals surface area contributed by atoms with Gasteiger partial charge in [0.15, 0.2) is 11.7 Å². The molecule has 3 aliphatic heterocycles. The molecule has 1 aliphatic carbocycles. The van der Waals surface area contributed by atoms with Gasteiger partial charge in [-0.1, -0.05) is 49.2 Å². The van der Waals surface area contributed by atoms with Crippen molar-refractivity contribution in [2.75, 3.05) is 19.6 Å². The molecule has 3 atom stereocenters. The number of ether oxygens (including phenoxy) is 1. The fourth-order valence-electron chi connectivity index (χ4n) is 6.43. The molecule has 2 aromatic rings. The lowest BCUT2D eigenvalue weighted by Crippen LogP contribution is -2.65. The summed E-state index contributed by atoms with van der Waals surface area (Å²) in [6.45, 7) is 5.47. The van der Waals surface area contributed by atoms with Gasteiger partial charge in [0.1, 0.15) is 18.6 Å². The Labute approximate surface area is 224 Å². The molecule has 38 heavy (non-hydrogen) atoms. The first kappa shape index (κ1) is 28.6. The van der Waals surface area contributed by atoms with Gasteiger partial charge in [-0.15, -0.1) is 11.3 Å². The van der Waals surface area contributed by atoms with Crippen LogP contribution in [0.25, 0.3) is 0 Å². The molecule has 1 N–H and O–H groups in total. The number of nitrogens with zero attached hydrogens (tertiary/aromatic N) is 1. The number of thiophene rings is 1. The van der Waals surface area contributed by atoms with Crippen LogP contribution in [0.3, 0.4) is 0 Å². The summed E-state index contributed by atoms with van der Waals surface area (Å²) < 4.78 is 38.8. The van der Waals surface area contributed by atoms with E-state index in [1.165, 1.54) is 16.9 Å². The average Bonchev–Trinajstić information content (AvgIpc) is 3.64. The molecule has 0 amide bonds. The molecule has 3 saturated heterocycles. The molecule has 208 valence electrons. The van der Waals surface area contributed by atoms with E-state index >= 15 is 0 Å². The molecule has 4 heterocycles. The first-order chi connectivity index (χ1) is 18.0.